The maximum atomic E-state index is 4.32. The second-order valence-corrected chi connectivity index (χ2v) is 6.76. The topological polar surface area (TPSA) is 35.6 Å². The van der Waals surface area contributed by atoms with Crippen molar-refractivity contribution in [1.29, 1.82) is 0 Å². The van der Waals surface area contributed by atoms with Crippen molar-refractivity contribution in [1.82, 2.24) is 19.6 Å². The van der Waals surface area contributed by atoms with Crippen LogP contribution in [0.3, 0.4) is 0 Å². The van der Waals surface area contributed by atoms with Crippen molar-refractivity contribution in [2.45, 2.75) is 13.8 Å². The minimum Gasteiger partial charge on any atom is -0.317 e. The third-order valence-electron chi connectivity index (χ3n) is 4.82. The Morgan fingerprint density at radius 1 is 0.692 bits per heavy atom. The summed E-state index contributed by atoms with van der Waals surface area (Å²) in [5, 5.41) is 9.86. The Morgan fingerprint density at radius 3 is 2.19 bits per heavy atom. The van der Waals surface area contributed by atoms with Crippen LogP contribution in [0.2, 0.25) is 0 Å². The average Bonchev–Trinajstić information content (AvgIpc) is 3.25. The van der Waals surface area contributed by atoms with Gasteiger partial charge in [0.05, 0.1) is 16.7 Å². The molecule has 5 rings (SSSR count). The predicted octanol–water partition coefficient (Wildman–Crippen LogP) is 4.98. The summed E-state index contributed by atoms with van der Waals surface area (Å²) in [5.74, 6) is 0. The first-order valence-electron chi connectivity index (χ1n) is 8.70. The molecule has 126 valence electrons. The van der Waals surface area contributed by atoms with Crippen LogP contribution in [0, 0.1) is 13.8 Å². The summed E-state index contributed by atoms with van der Waals surface area (Å²) in [7, 11) is 0. The summed E-state index contributed by atoms with van der Waals surface area (Å²) in [4.78, 5) is 0. The molecule has 0 aliphatic carbocycles. The van der Waals surface area contributed by atoms with Crippen molar-refractivity contribution >= 4 is 21.9 Å². The Hall–Kier alpha value is -3.40. The van der Waals surface area contributed by atoms with Crippen molar-refractivity contribution in [3.8, 4) is 11.4 Å². The smallest absolute Gasteiger partial charge is 0.113 e. The van der Waals surface area contributed by atoms with E-state index >= 15 is 0 Å². The molecule has 0 aliphatic heterocycles. The van der Waals surface area contributed by atoms with Gasteiger partial charge in [0.2, 0.25) is 0 Å². The quantitative estimate of drug-likeness (QED) is 0.455. The van der Waals surface area contributed by atoms with Gasteiger partial charge in [0.25, 0.3) is 0 Å². The fourth-order valence-electron chi connectivity index (χ4n) is 3.47. The highest BCUT2D eigenvalue weighted by Gasteiger charge is 2.08. The molecule has 26 heavy (non-hydrogen) atoms. The first-order chi connectivity index (χ1) is 12.7. The van der Waals surface area contributed by atoms with E-state index in [1.807, 2.05) is 4.68 Å². The highest BCUT2D eigenvalue weighted by atomic mass is 15.4. The van der Waals surface area contributed by atoms with E-state index in [2.05, 4.69) is 102 Å². The van der Waals surface area contributed by atoms with E-state index < -0.39 is 0 Å². The third-order valence-corrected chi connectivity index (χ3v) is 4.82. The van der Waals surface area contributed by atoms with Crippen molar-refractivity contribution in [2.24, 2.45) is 0 Å². The number of nitrogens with zero attached hydrogens (tertiary/aromatic N) is 4. The Morgan fingerprint density at radius 2 is 1.38 bits per heavy atom. The molecule has 0 saturated carbocycles. The molecule has 0 N–H and O–H groups in total. The summed E-state index contributed by atoms with van der Waals surface area (Å²) < 4.78 is 4.09. The van der Waals surface area contributed by atoms with Gasteiger partial charge in [-0.1, -0.05) is 22.9 Å². The van der Waals surface area contributed by atoms with Gasteiger partial charge in [-0.3, -0.25) is 0 Å². The van der Waals surface area contributed by atoms with Gasteiger partial charge >= 0.3 is 0 Å². The van der Waals surface area contributed by atoms with Gasteiger partial charge in [0.1, 0.15) is 5.52 Å². The Kier molecular flexibility index (Phi) is 3.19. The number of benzene rings is 3. The lowest BCUT2D eigenvalue weighted by molar-refractivity contribution is 0.823. The van der Waals surface area contributed by atoms with Crippen LogP contribution in [0.1, 0.15) is 11.1 Å². The van der Waals surface area contributed by atoms with Gasteiger partial charge < -0.3 is 4.57 Å². The number of aromatic nitrogens is 4. The maximum Gasteiger partial charge on any atom is 0.113 e. The standard InChI is InChI=1S/C22H18N4/c1-15-3-9-21-17(13-15)11-12-25(21)18-5-7-19(8-6-18)26-22-10-4-16(2)14-20(22)23-24-26/h3-14H,1-2H3. The van der Waals surface area contributed by atoms with Crippen LogP contribution in [-0.2, 0) is 0 Å². The van der Waals surface area contributed by atoms with Crippen molar-refractivity contribution < 1.29 is 0 Å². The number of aryl methyl sites for hydroxylation is 2. The lowest BCUT2D eigenvalue weighted by atomic mass is 10.2. The summed E-state index contributed by atoms with van der Waals surface area (Å²) in [6.45, 7) is 4.19. The Labute approximate surface area is 151 Å². The maximum absolute atomic E-state index is 4.32. The van der Waals surface area contributed by atoms with Gasteiger partial charge in [0, 0.05) is 17.3 Å². The molecular weight excluding hydrogens is 320 g/mol. The van der Waals surface area contributed by atoms with E-state index in [4.69, 9.17) is 0 Å². The van der Waals surface area contributed by atoms with E-state index in [0.717, 1.165) is 22.4 Å². The summed E-state index contributed by atoms with van der Waals surface area (Å²) in [6.07, 6.45) is 2.12. The molecule has 5 aromatic rings. The number of rotatable bonds is 2. The lowest BCUT2D eigenvalue weighted by Crippen LogP contribution is -1.98. The fraction of sp³-hybridized carbons (Fsp3) is 0.0909. The predicted molar refractivity (Wildman–Crippen MR) is 105 cm³/mol. The van der Waals surface area contributed by atoms with E-state index in [1.165, 1.54) is 22.0 Å². The Bertz CT molecular complexity index is 1140. The van der Waals surface area contributed by atoms with Crippen LogP contribution >= 0.6 is 0 Å². The van der Waals surface area contributed by atoms with Gasteiger partial charge in [-0.2, -0.15) is 0 Å². The van der Waals surface area contributed by atoms with Crippen LogP contribution in [0.25, 0.3) is 33.3 Å². The molecule has 2 heterocycles. The minimum absolute atomic E-state index is 0.917. The van der Waals surface area contributed by atoms with Gasteiger partial charge in [-0.05, 0) is 74.0 Å². The number of fused-ring (bicyclic) bond motifs is 2. The molecule has 0 unspecified atom stereocenters. The second kappa shape index (κ2) is 5.56. The molecule has 0 spiro atoms. The molecule has 0 atom stereocenters. The molecule has 0 fully saturated rings. The van der Waals surface area contributed by atoms with Crippen LogP contribution < -0.4 is 0 Å². The van der Waals surface area contributed by atoms with Crippen LogP contribution in [-0.4, -0.2) is 19.6 Å². The Balaban J connectivity index is 1.57. The lowest BCUT2D eigenvalue weighted by Gasteiger charge is -2.08. The van der Waals surface area contributed by atoms with E-state index in [1.54, 1.807) is 0 Å². The average molecular weight is 338 g/mol. The highest BCUT2D eigenvalue weighted by Crippen LogP contribution is 2.23. The van der Waals surface area contributed by atoms with E-state index in [-0.39, 0.29) is 0 Å². The van der Waals surface area contributed by atoms with Crippen molar-refractivity contribution in [2.75, 3.05) is 0 Å². The van der Waals surface area contributed by atoms with Crippen LogP contribution in [0.4, 0.5) is 0 Å². The third kappa shape index (κ3) is 2.30. The zero-order valence-corrected chi connectivity index (χ0v) is 14.7. The fourth-order valence-corrected chi connectivity index (χ4v) is 3.47. The monoisotopic (exact) mass is 338 g/mol. The van der Waals surface area contributed by atoms with Gasteiger partial charge in [-0.15, -0.1) is 5.10 Å². The number of hydrogen-bond donors (Lipinski definition) is 0. The molecule has 4 heteroatoms. The van der Waals surface area contributed by atoms with Crippen LogP contribution in [0.15, 0.2) is 72.9 Å². The molecule has 0 aliphatic rings. The van der Waals surface area contributed by atoms with E-state index in [9.17, 15) is 0 Å². The molecule has 0 radical (unpaired) electrons. The van der Waals surface area contributed by atoms with Crippen molar-refractivity contribution in [3.05, 3.63) is 84.1 Å². The zero-order chi connectivity index (χ0) is 17.7. The van der Waals surface area contributed by atoms with Crippen LogP contribution in [0.5, 0.6) is 0 Å². The molecule has 3 aromatic carbocycles. The molecule has 0 bridgehead atoms. The normalized spacial score (nSPS) is 11.5. The van der Waals surface area contributed by atoms with Crippen molar-refractivity contribution in [3.63, 3.8) is 0 Å². The molecular formula is C22H18N4. The summed E-state index contributed by atoms with van der Waals surface area (Å²) >= 11 is 0. The largest absolute Gasteiger partial charge is 0.317 e. The zero-order valence-electron chi connectivity index (χ0n) is 14.7. The molecule has 0 amide bonds. The number of hydrogen-bond acceptors (Lipinski definition) is 2. The molecule has 4 nitrogen and oxygen atoms in total. The SMILES string of the molecule is Cc1ccc2c(ccn2-c2ccc(-n3nnc4cc(C)ccc43)cc2)c1. The minimum atomic E-state index is 0.917. The highest BCUT2D eigenvalue weighted by molar-refractivity contribution is 5.83. The summed E-state index contributed by atoms with van der Waals surface area (Å²) in [6, 6.07) is 23.3. The van der Waals surface area contributed by atoms with Gasteiger partial charge in [0.15, 0.2) is 0 Å². The second-order valence-electron chi connectivity index (χ2n) is 6.76. The first-order valence-corrected chi connectivity index (χ1v) is 8.70. The first kappa shape index (κ1) is 14.9. The van der Waals surface area contributed by atoms with E-state index in [0.29, 0.717) is 0 Å². The molecule has 0 saturated heterocycles. The molecule has 2 aromatic heterocycles. The van der Waals surface area contributed by atoms with Gasteiger partial charge in [-0.25, -0.2) is 4.68 Å². The summed E-state index contributed by atoms with van der Waals surface area (Å²) in [5.41, 5.74) is 7.75.